The zero-order valence-corrected chi connectivity index (χ0v) is 9.74. The average molecular weight is 264 g/mol. The van der Waals surface area contributed by atoms with E-state index in [1.54, 1.807) is 6.07 Å². The molecule has 0 saturated carbocycles. The molecule has 0 radical (unpaired) electrons. The van der Waals surface area contributed by atoms with Crippen molar-refractivity contribution in [3.8, 4) is 11.3 Å². The summed E-state index contributed by atoms with van der Waals surface area (Å²) in [5, 5.41) is 7.33. The van der Waals surface area contributed by atoms with Gasteiger partial charge in [0.05, 0.1) is 27.9 Å². The third-order valence-corrected chi connectivity index (χ3v) is 2.84. The molecule has 90 valence electrons. The molecule has 3 rings (SSSR count). The largest absolute Gasteiger partial charge is 0.368 e. The Morgan fingerprint density at radius 1 is 1.28 bits per heavy atom. The maximum atomic E-state index is 13.9. The van der Waals surface area contributed by atoms with Crippen molar-refractivity contribution in [2.75, 3.05) is 5.73 Å². The summed E-state index contributed by atoms with van der Waals surface area (Å²) in [6.07, 6.45) is 1.51. The van der Waals surface area contributed by atoms with Gasteiger partial charge in [0.15, 0.2) is 5.65 Å². The van der Waals surface area contributed by atoms with Gasteiger partial charge in [-0.1, -0.05) is 17.7 Å². The minimum Gasteiger partial charge on any atom is -0.368 e. The predicted octanol–water partition coefficient (Wildman–Crippen LogP) is 2.39. The number of nitrogens with two attached hydrogens (primary N) is 1. The van der Waals surface area contributed by atoms with Crippen molar-refractivity contribution in [2.24, 2.45) is 0 Å². The second kappa shape index (κ2) is 3.92. The molecular weight excluding hydrogens is 257 g/mol. The molecule has 0 aliphatic rings. The molecule has 0 aliphatic heterocycles. The number of aromatic nitrogens is 4. The standard InChI is InChI=1S/C11H7ClFN5/c12-6-2-1-3-7(13)8(6)9-5-4-15-18-10(5)17-11(14)16-9/h1-4H,(H3,14,15,16,17,18). The second-order valence-electron chi connectivity index (χ2n) is 3.66. The van der Waals surface area contributed by atoms with Crippen molar-refractivity contribution in [3.05, 3.63) is 35.2 Å². The normalized spacial score (nSPS) is 11.0. The quantitative estimate of drug-likeness (QED) is 0.706. The summed E-state index contributed by atoms with van der Waals surface area (Å²) in [4.78, 5) is 8.01. The van der Waals surface area contributed by atoms with E-state index in [9.17, 15) is 4.39 Å². The summed E-state index contributed by atoms with van der Waals surface area (Å²) in [7, 11) is 0. The molecule has 1 aromatic carbocycles. The monoisotopic (exact) mass is 263 g/mol. The second-order valence-corrected chi connectivity index (χ2v) is 4.07. The highest BCUT2D eigenvalue weighted by molar-refractivity contribution is 6.33. The lowest BCUT2D eigenvalue weighted by Crippen LogP contribution is -1.99. The van der Waals surface area contributed by atoms with E-state index in [0.29, 0.717) is 16.7 Å². The Kier molecular flexibility index (Phi) is 2.38. The molecule has 2 heterocycles. The van der Waals surface area contributed by atoms with Crippen LogP contribution in [0.3, 0.4) is 0 Å². The molecule has 0 bridgehead atoms. The van der Waals surface area contributed by atoms with Crippen LogP contribution in [0.15, 0.2) is 24.4 Å². The first-order chi connectivity index (χ1) is 8.66. The molecule has 18 heavy (non-hydrogen) atoms. The van der Waals surface area contributed by atoms with E-state index in [4.69, 9.17) is 17.3 Å². The molecular formula is C11H7ClFN5. The number of nitrogen functional groups attached to an aromatic ring is 1. The van der Waals surface area contributed by atoms with Crippen molar-refractivity contribution in [3.63, 3.8) is 0 Å². The highest BCUT2D eigenvalue weighted by atomic mass is 35.5. The van der Waals surface area contributed by atoms with Crippen molar-refractivity contribution in [2.45, 2.75) is 0 Å². The summed E-state index contributed by atoms with van der Waals surface area (Å²) in [6, 6.07) is 4.42. The van der Waals surface area contributed by atoms with E-state index in [1.165, 1.54) is 18.3 Å². The Labute approximate surface area is 106 Å². The fraction of sp³-hybridized carbons (Fsp3) is 0. The van der Waals surface area contributed by atoms with Gasteiger partial charge in [-0.2, -0.15) is 10.1 Å². The maximum Gasteiger partial charge on any atom is 0.222 e. The summed E-state index contributed by atoms with van der Waals surface area (Å²) < 4.78 is 13.9. The van der Waals surface area contributed by atoms with Crippen LogP contribution in [-0.4, -0.2) is 20.2 Å². The van der Waals surface area contributed by atoms with Crippen LogP contribution in [0.25, 0.3) is 22.3 Å². The Hall–Kier alpha value is -2.21. The first-order valence-corrected chi connectivity index (χ1v) is 5.45. The summed E-state index contributed by atoms with van der Waals surface area (Å²) >= 11 is 6.01. The predicted molar refractivity (Wildman–Crippen MR) is 66.5 cm³/mol. The van der Waals surface area contributed by atoms with Crippen LogP contribution >= 0.6 is 11.6 Å². The van der Waals surface area contributed by atoms with Crippen LogP contribution < -0.4 is 5.73 Å². The molecule has 7 heteroatoms. The minimum absolute atomic E-state index is 0.0288. The molecule has 0 unspecified atom stereocenters. The van der Waals surface area contributed by atoms with Gasteiger partial charge < -0.3 is 5.73 Å². The number of hydrogen-bond acceptors (Lipinski definition) is 4. The fourth-order valence-corrected chi connectivity index (χ4v) is 2.02. The Morgan fingerprint density at radius 3 is 2.89 bits per heavy atom. The number of hydrogen-bond donors (Lipinski definition) is 2. The number of fused-ring (bicyclic) bond motifs is 1. The van der Waals surface area contributed by atoms with E-state index in [1.807, 2.05) is 0 Å². The van der Waals surface area contributed by atoms with Crippen molar-refractivity contribution in [1.82, 2.24) is 20.2 Å². The van der Waals surface area contributed by atoms with Crippen LogP contribution in [0.4, 0.5) is 10.3 Å². The molecule has 0 spiro atoms. The van der Waals surface area contributed by atoms with Gasteiger partial charge in [0.2, 0.25) is 5.95 Å². The molecule has 0 atom stereocenters. The molecule has 0 aliphatic carbocycles. The first kappa shape index (κ1) is 10.9. The van der Waals surface area contributed by atoms with Gasteiger partial charge in [-0.25, -0.2) is 9.37 Å². The molecule has 3 N–H and O–H groups in total. The number of halogens is 2. The summed E-state index contributed by atoms with van der Waals surface area (Å²) in [5.74, 6) is -0.441. The SMILES string of the molecule is Nc1nc(-c2c(F)cccc2Cl)c2cn[nH]c2n1. The number of aromatic amines is 1. The van der Waals surface area contributed by atoms with Gasteiger partial charge in [-0.05, 0) is 12.1 Å². The van der Waals surface area contributed by atoms with E-state index < -0.39 is 5.82 Å². The molecule has 2 aromatic heterocycles. The van der Waals surface area contributed by atoms with Crippen molar-refractivity contribution >= 4 is 28.6 Å². The van der Waals surface area contributed by atoms with Crippen LogP contribution in [-0.2, 0) is 0 Å². The molecule has 0 saturated heterocycles. The lowest BCUT2D eigenvalue weighted by atomic mass is 10.1. The highest BCUT2D eigenvalue weighted by Crippen LogP contribution is 2.33. The Morgan fingerprint density at radius 2 is 2.11 bits per heavy atom. The first-order valence-electron chi connectivity index (χ1n) is 5.08. The highest BCUT2D eigenvalue weighted by Gasteiger charge is 2.16. The van der Waals surface area contributed by atoms with Crippen LogP contribution in [0, 0.1) is 5.82 Å². The molecule has 0 amide bonds. The van der Waals surface area contributed by atoms with Crippen molar-refractivity contribution < 1.29 is 4.39 Å². The third-order valence-electron chi connectivity index (χ3n) is 2.53. The Balaban J connectivity index is 2.41. The van der Waals surface area contributed by atoms with Gasteiger partial charge in [0, 0.05) is 0 Å². The van der Waals surface area contributed by atoms with Gasteiger partial charge >= 0.3 is 0 Å². The van der Waals surface area contributed by atoms with Gasteiger partial charge in [-0.15, -0.1) is 0 Å². The third kappa shape index (κ3) is 1.58. The Bertz CT molecular complexity index is 719. The molecule has 3 aromatic rings. The number of nitrogens with one attached hydrogen (secondary N) is 1. The van der Waals surface area contributed by atoms with Gasteiger partial charge in [-0.3, -0.25) is 5.10 Å². The number of anilines is 1. The van der Waals surface area contributed by atoms with Gasteiger partial charge in [0.25, 0.3) is 0 Å². The summed E-state index contributed by atoms with van der Waals surface area (Å²) in [6.45, 7) is 0. The molecule has 5 nitrogen and oxygen atoms in total. The number of nitrogens with zero attached hydrogens (tertiary/aromatic N) is 3. The zero-order chi connectivity index (χ0) is 12.7. The lowest BCUT2D eigenvalue weighted by molar-refractivity contribution is 0.631. The maximum absolute atomic E-state index is 13.9. The summed E-state index contributed by atoms with van der Waals surface area (Å²) in [5.41, 5.74) is 6.55. The van der Waals surface area contributed by atoms with E-state index in [-0.39, 0.29) is 16.5 Å². The van der Waals surface area contributed by atoms with E-state index in [2.05, 4.69) is 20.2 Å². The van der Waals surface area contributed by atoms with E-state index in [0.717, 1.165) is 0 Å². The number of rotatable bonds is 1. The topological polar surface area (TPSA) is 80.5 Å². The zero-order valence-electron chi connectivity index (χ0n) is 8.98. The number of H-pyrrole nitrogens is 1. The average Bonchev–Trinajstić information content (AvgIpc) is 2.76. The number of benzene rings is 1. The van der Waals surface area contributed by atoms with Crippen LogP contribution in [0.5, 0.6) is 0 Å². The van der Waals surface area contributed by atoms with Gasteiger partial charge in [0.1, 0.15) is 5.82 Å². The fourth-order valence-electron chi connectivity index (χ4n) is 1.77. The minimum atomic E-state index is -0.469. The lowest BCUT2D eigenvalue weighted by Gasteiger charge is -2.06. The van der Waals surface area contributed by atoms with E-state index >= 15 is 0 Å². The molecule has 0 fully saturated rings. The van der Waals surface area contributed by atoms with Crippen LogP contribution in [0.1, 0.15) is 0 Å². The smallest absolute Gasteiger partial charge is 0.222 e. The van der Waals surface area contributed by atoms with Crippen molar-refractivity contribution in [1.29, 1.82) is 0 Å². The van der Waals surface area contributed by atoms with Crippen LogP contribution in [0.2, 0.25) is 5.02 Å².